The van der Waals surface area contributed by atoms with Gasteiger partial charge in [-0.15, -0.1) is 0 Å². The van der Waals surface area contributed by atoms with Crippen LogP contribution in [0.5, 0.6) is 5.75 Å². The van der Waals surface area contributed by atoms with Gasteiger partial charge in [-0.05, 0) is 51.0 Å². The quantitative estimate of drug-likeness (QED) is 0.522. The molecule has 1 aromatic heterocycles. The molecule has 0 aliphatic heterocycles. The maximum absolute atomic E-state index is 13.0. The van der Waals surface area contributed by atoms with E-state index < -0.39 is 0 Å². The minimum absolute atomic E-state index is 0.0523. The van der Waals surface area contributed by atoms with Gasteiger partial charge in [-0.3, -0.25) is 4.79 Å². The number of benzene rings is 2. The Bertz CT molecular complexity index is 1070. The van der Waals surface area contributed by atoms with Crippen LogP contribution in [0.15, 0.2) is 54.6 Å². The van der Waals surface area contributed by atoms with Crippen molar-refractivity contribution in [3.8, 4) is 17.0 Å². The number of rotatable bonds is 8. The van der Waals surface area contributed by atoms with Crippen LogP contribution in [-0.4, -0.2) is 29.7 Å². The van der Waals surface area contributed by atoms with Crippen LogP contribution in [-0.2, 0) is 16.1 Å². The van der Waals surface area contributed by atoms with E-state index in [9.17, 15) is 9.59 Å². The Hall–Kier alpha value is -3.54. The topological polar surface area (TPSA) is 69.6 Å². The van der Waals surface area contributed by atoms with Crippen LogP contribution in [0.3, 0.4) is 0 Å². The molecule has 3 aromatic rings. The molecule has 0 saturated heterocycles. The fourth-order valence-electron chi connectivity index (χ4n) is 3.75. The van der Waals surface area contributed by atoms with E-state index in [2.05, 4.69) is 5.32 Å². The lowest BCUT2D eigenvalue weighted by atomic mass is 10.1. The predicted octanol–water partition coefficient (Wildman–Crippen LogP) is 4.99. The molecule has 0 radical (unpaired) electrons. The number of hydrogen-bond donors (Lipinski definition) is 1. The van der Waals surface area contributed by atoms with Crippen molar-refractivity contribution in [1.29, 1.82) is 0 Å². The summed E-state index contributed by atoms with van der Waals surface area (Å²) >= 11 is 0. The number of esters is 1. The van der Waals surface area contributed by atoms with Crippen molar-refractivity contribution < 1.29 is 19.1 Å². The average molecular weight is 421 g/mol. The van der Waals surface area contributed by atoms with E-state index in [-0.39, 0.29) is 25.0 Å². The van der Waals surface area contributed by atoms with Crippen molar-refractivity contribution in [3.05, 3.63) is 71.4 Å². The van der Waals surface area contributed by atoms with E-state index >= 15 is 0 Å². The summed E-state index contributed by atoms with van der Waals surface area (Å²) in [5.41, 5.74) is 4.37. The lowest BCUT2D eigenvalue weighted by Crippen LogP contribution is -2.21. The van der Waals surface area contributed by atoms with Crippen LogP contribution in [0.2, 0.25) is 0 Å². The number of ether oxygens (including phenoxy) is 2. The number of anilines is 1. The molecule has 1 amide bonds. The van der Waals surface area contributed by atoms with Gasteiger partial charge in [0.05, 0.1) is 30.2 Å². The number of nitrogens with one attached hydrogen (secondary N) is 1. The average Bonchev–Trinajstić information content (AvgIpc) is 3.00. The summed E-state index contributed by atoms with van der Waals surface area (Å²) in [6.45, 7) is 8.25. The van der Waals surface area contributed by atoms with Crippen LogP contribution in [0, 0.1) is 13.8 Å². The van der Waals surface area contributed by atoms with Gasteiger partial charge < -0.3 is 19.4 Å². The third-order valence-electron chi connectivity index (χ3n) is 5.06. The Morgan fingerprint density at radius 1 is 0.935 bits per heavy atom. The molecular weight excluding hydrogens is 392 g/mol. The van der Waals surface area contributed by atoms with Crippen LogP contribution >= 0.6 is 0 Å². The van der Waals surface area contributed by atoms with Gasteiger partial charge in [-0.25, -0.2) is 4.79 Å². The van der Waals surface area contributed by atoms with Gasteiger partial charge in [0, 0.05) is 5.69 Å². The largest absolute Gasteiger partial charge is 0.492 e. The Labute approximate surface area is 182 Å². The highest BCUT2D eigenvalue weighted by molar-refractivity contribution is 5.97. The van der Waals surface area contributed by atoms with Crippen molar-refractivity contribution in [3.63, 3.8) is 0 Å². The minimum atomic E-state index is -0.379. The van der Waals surface area contributed by atoms with E-state index in [1.165, 1.54) is 0 Å². The zero-order chi connectivity index (χ0) is 22.4. The number of carbonyl (C=O) groups excluding carboxylic acids is 2. The van der Waals surface area contributed by atoms with E-state index in [4.69, 9.17) is 9.47 Å². The second kappa shape index (κ2) is 9.98. The summed E-state index contributed by atoms with van der Waals surface area (Å²) in [5, 5.41) is 2.93. The number of nitrogens with zero attached hydrogens (tertiary/aromatic N) is 1. The third kappa shape index (κ3) is 4.79. The lowest BCUT2D eigenvalue weighted by Gasteiger charge is -2.15. The Morgan fingerprint density at radius 2 is 1.61 bits per heavy atom. The maximum atomic E-state index is 13.0. The van der Waals surface area contributed by atoms with Crippen molar-refractivity contribution in [2.45, 2.75) is 34.2 Å². The number of amides is 1. The first-order chi connectivity index (χ1) is 15.0. The molecule has 0 fully saturated rings. The highest BCUT2D eigenvalue weighted by Crippen LogP contribution is 2.32. The molecule has 6 nitrogen and oxygen atoms in total. The number of carbonyl (C=O) groups is 2. The Kier molecular flexibility index (Phi) is 7.13. The van der Waals surface area contributed by atoms with E-state index in [0.29, 0.717) is 29.3 Å². The Balaban J connectivity index is 1.99. The second-order valence-electron chi connectivity index (χ2n) is 7.08. The summed E-state index contributed by atoms with van der Waals surface area (Å²) in [4.78, 5) is 25.6. The molecule has 2 aromatic carbocycles. The molecule has 0 saturated carbocycles. The van der Waals surface area contributed by atoms with Crippen molar-refractivity contribution in [2.75, 3.05) is 18.5 Å². The molecule has 0 atom stereocenters. The van der Waals surface area contributed by atoms with Gasteiger partial charge in [0.25, 0.3) is 0 Å². The molecular formula is C25H28N2O4. The molecule has 162 valence electrons. The number of para-hydroxylation sites is 2. The second-order valence-corrected chi connectivity index (χ2v) is 7.08. The SMILES string of the molecule is CCOC(=O)c1c(C)c(-c2ccccc2)n(CC(=O)Nc2ccccc2OCC)c1C. The van der Waals surface area contributed by atoms with Crippen LogP contribution in [0.1, 0.15) is 35.5 Å². The lowest BCUT2D eigenvalue weighted by molar-refractivity contribution is -0.116. The normalized spacial score (nSPS) is 10.6. The summed E-state index contributed by atoms with van der Waals surface area (Å²) in [7, 11) is 0. The molecule has 0 aliphatic rings. The molecule has 6 heteroatoms. The van der Waals surface area contributed by atoms with Gasteiger partial charge in [0.2, 0.25) is 5.91 Å². The van der Waals surface area contributed by atoms with Gasteiger partial charge in [0.1, 0.15) is 12.3 Å². The molecule has 1 N–H and O–H groups in total. The maximum Gasteiger partial charge on any atom is 0.340 e. The van der Waals surface area contributed by atoms with Gasteiger partial charge >= 0.3 is 5.97 Å². The Morgan fingerprint density at radius 3 is 2.29 bits per heavy atom. The molecule has 0 aliphatic carbocycles. The van der Waals surface area contributed by atoms with Gasteiger partial charge in [-0.2, -0.15) is 0 Å². The van der Waals surface area contributed by atoms with Crippen LogP contribution in [0.25, 0.3) is 11.3 Å². The summed E-state index contributed by atoms with van der Waals surface area (Å²) in [6.07, 6.45) is 0. The summed E-state index contributed by atoms with van der Waals surface area (Å²) in [6, 6.07) is 17.1. The number of aromatic nitrogens is 1. The van der Waals surface area contributed by atoms with Crippen molar-refractivity contribution in [2.24, 2.45) is 0 Å². The molecule has 31 heavy (non-hydrogen) atoms. The predicted molar refractivity (Wildman–Crippen MR) is 122 cm³/mol. The minimum Gasteiger partial charge on any atom is -0.492 e. The first-order valence-corrected chi connectivity index (χ1v) is 10.4. The first kappa shape index (κ1) is 22.2. The van der Waals surface area contributed by atoms with Crippen LogP contribution in [0.4, 0.5) is 5.69 Å². The van der Waals surface area contributed by atoms with Crippen molar-refractivity contribution in [1.82, 2.24) is 4.57 Å². The molecule has 3 rings (SSSR count). The van der Waals surface area contributed by atoms with E-state index in [0.717, 1.165) is 16.8 Å². The highest BCUT2D eigenvalue weighted by atomic mass is 16.5. The van der Waals surface area contributed by atoms with Crippen molar-refractivity contribution >= 4 is 17.6 Å². The molecule has 0 bridgehead atoms. The summed E-state index contributed by atoms with van der Waals surface area (Å²) < 4.78 is 12.7. The zero-order valence-electron chi connectivity index (χ0n) is 18.4. The fourth-order valence-corrected chi connectivity index (χ4v) is 3.75. The molecule has 0 unspecified atom stereocenters. The first-order valence-electron chi connectivity index (χ1n) is 10.4. The van der Waals surface area contributed by atoms with E-state index in [1.54, 1.807) is 13.0 Å². The third-order valence-corrected chi connectivity index (χ3v) is 5.06. The molecule has 0 spiro atoms. The van der Waals surface area contributed by atoms with Crippen LogP contribution < -0.4 is 10.1 Å². The van der Waals surface area contributed by atoms with E-state index in [1.807, 2.05) is 73.9 Å². The van der Waals surface area contributed by atoms with Gasteiger partial charge in [-0.1, -0.05) is 42.5 Å². The fraction of sp³-hybridized carbons (Fsp3) is 0.280. The monoisotopic (exact) mass is 420 g/mol. The standard InChI is InChI=1S/C25H28N2O4/c1-5-30-21-15-11-10-14-20(21)26-22(28)16-27-18(4)23(25(29)31-6-2)17(3)24(27)19-12-8-7-9-13-19/h7-15H,5-6,16H2,1-4H3,(H,26,28). The highest BCUT2D eigenvalue weighted by Gasteiger charge is 2.25. The smallest absolute Gasteiger partial charge is 0.340 e. The number of hydrogen-bond acceptors (Lipinski definition) is 4. The molecule has 1 heterocycles. The zero-order valence-corrected chi connectivity index (χ0v) is 18.4. The summed E-state index contributed by atoms with van der Waals surface area (Å²) in [5.74, 6) is 0.0302. The van der Waals surface area contributed by atoms with Gasteiger partial charge in [0.15, 0.2) is 0 Å².